The molecule has 0 unspecified atom stereocenters. The molecule has 112 valence electrons. The Balaban J connectivity index is 2.61. The number of hydrogen-bond donors (Lipinski definition) is 1. The Bertz CT molecular complexity index is 459. The molecular weight excluding hydrogens is 278 g/mol. The van der Waals surface area contributed by atoms with Crippen molar-refractivity contribution < 1.29 is 14.7 Å². The monoisotopic (exact) mass is 299 g/mol. The van der Waals surface area contributed by atoms with Crippen LogP contribution in [0.4, 0.5) is 0 Å². The van der Waals surface area contributed by atoms with Crippen molar-refractivity contribution in [3.8, 4) is 0 Å². The number of carboxylic acid groups (broad SMARTS) is 1. The smallest absolute Gasteiger partial charge is 0.317 e. The minimum absolute atomic E-state index is 0.0112. The molecule has 0 saturated carbocycles. The lowest BCUT2D eigenvalue weighted by Gasteiger charge is -2.17. The van der Waals surface area contributed by atoms with Gasteiger partial charge in [-0.2, -0.15) is 0 Å². The van der Waals surface area contributed by atoms with E-state index in [-0.39, 0.29) is 12.5 Å². The predicted molar refractivity (Wildman–Crippen MR) is 77.7 cm³/mol. The third-order valence-corrected chi connectivity index (χ3v) is 3.58. The van der Waals surface area contributed by atoms with Gasteiger partial charge in [0.25, 0.3) is 0 Å². The fourth-order valence-corrected chi connectivity index (χ4v) is 2.52. The second-order valence-electron chi connectivity index (χ2n) is 4.80. The Morgan fingerprint density at radius 1 is 1.40 bits per heavy atom. The van der Waals surface area contributed by atoms with Gasteiger partial charge in [0.15, 0.2) is 0 Å². The van der Waals surface area contributed by atoms with Crippen LogP contribution < -0.4 is 0 Å². The van der Waals surface area contributed by atoms with Crippen molar-refractivity contribution in [3.05, 3.63) is 16.1 Å². The third kappa shape index (κ3) is 5.66. The Kier molecular flexibility index (Phi) is 6.60. The van der Waals surface area contributed by atoms with E-state index in [9.17, 15) is 9.59 Å². The highest BCUT2D eigenvalue weighted by Gasteiger charge is 2.13. The summed E-state index contributed by atoms with van der Waals surface area (Å²) in [4.78, 5) is 30.2. The van der Waals surface area contributed by atoms with E-state index in [4.69, 9.17) is 5.11 Å². The van der Waals surface area contributed by atoms with Crippen LogP contribution in [-0.2, 0) is 22.6 Å². The van der Waals surface area contributed by atoms with Gasteiger partial charge in [0.1, 0.15) is 5.01 Å². The van der Waals surface area contributed by atoms with Crippen molar-refractivity contribution >= 4 is 23.2 Å². The highest BCUT2D eigenvalue weighted by Crippen LogP contribution is 2.13. The van der Waals surface area contributed by atoms with Gasteiger partial charge in [0.2, 0.25) is 5.91 Å². The number of amides is 1. The van der Waals surface area contributed by atoms with Crippen molar-refractivity contribution in [1.29, 1.82) is 0 Å². The second kappa shape index (κ2) is 7.96. The number of hydrogen-bond acceptors (Lipinski definition) is 5. The van der Waals surface area contributed by atoms with Gasteiger partial charge in [0.05, 0.1) is 18.7 Å². The first-order valence-corrected chi connectivity index (χ1v) is 7.38. The molecule has 1 aromatic heterocycles. The number of carboxylic acids is 1. The van der Waals surface area contributed by atoms with E-state index < -0.39 is 5.97 Å². The predicted octanol–water partition coefficient (Wildman–Crippen LogP) is 1.07. The van der Waals surface area contributed by atoms with Crippen LogP contribution >= 0.6 is 11.3 Å². The molecule has 1 N–H and O–H groups in total. The highest BCUT2D eigenvalue weighted by molar-refractivity contribution is 7.09. The summed E-state index contributed by atoms with van der Waals surface area (Å²) in [7, 11) is 3.43. The molecule has 0 spiro atoms. The topological polar surface area (TPSA) is 73.7 Å². The van der Waals surface area contributed by atoms with Crippen LogP contribution in [0.3, 0.4) is 0 Å². The molecule has 1 rings (SSSR count). The van der Waals surface area contributed by atoms with Crippen molar-refractivity contribution in [2.45, 2.75) is 26.3 Å². The molecule has 0 aliphatic heterocycles. The number of aromatic nitrogens is 1. The lowest BCUT2D eigenvalue weighted by atomic mass is 10.3. The second-order valence-corrected chi connectivity index (χ2v) is 5.74. The Labute approximate surface area is 123 Å². The lowest BCUT2D eigenvalue weighted by molar-refractivity contribution is -0.138. The maximum absolute atomic E-state index is 11.6. The summed E-state index contributed by atoms with van der Waals surface area (Å²) in [6.07, 6.45) is 1.19. The van der Waals surface area contributed by atoms with Gasteiger partial charge in [-0.3, -0.25) is 14.5 Å². The minimum Gasteiger partial charge on any atom is -0.480 e. The number of aliphatic carboxylic acids is 1. The highest BCUT2D eigenvalue weighted by atomic mass is 32.1. The molecule has 0 aromatic carbocycles. The molecule has 1 aromatic rings. The van der Waals surface area contributed by atoms with Crippen LogP contribution in [0.25, 0.3) is 0 Å². The zero-order valence-electron chi connectivity index (χ0n) is 12.1. The fourth-order valence-electron chi connectivity index (χ4n) is 1.74. The first-order chi connectivity index (χ1) is 9.42. The molecule has 0 bridgehead atoms. The zero-order valence-corrected chi connectivity index (χ0v) is 12.9. The Hall–Kier alpha value is -1.47. The molecule has 1 heterocycles. The number of nitrogens with zero attached hydrogens (tertiary/aromatic N) is 3. The number of thiazole rings is 1. The van der Waals surface area contributed by atoms with Crippen molar-refractivity contribution in [2.24, 2.45) is 0 Å². The van der Waals surface area contributed by atoms with Crippen LogP contribution in [0, 0.1) is 0 Å². The standard InChI is InChI=1S/C13H21N3O3S/c1-4-5-16(8-13(18)19)7-10-9-20-11(14-10)6-12(17)15(2)3/h9H,4-8H2,1-3H3,(H,18,19). The lowest BCUT2D eigenvalue weighted by Crippen LogP contribution is -2.30. The van der Waals surface area contributed by atoms with Crippen molar-refractivity contribution in [1.82, 2.24) is 14.8 Å². The van der Waals surface area contributed by atoms with Crippen molar-refractivity contribution in [3.63, 3.8) is 0 Å². The summed E-state index contributed by atoms with van der Waals surface area (Å²) in [6.45, 7) is 3.25. The van der Waals surface area contributed by atoms with E-state index >= 15 is 0 Å². The van der Waals surface area contributed by atoms with Gasteiger partial charge in [-0.25, -0.2) is 4.98 Å². The quantitative estimate of drug-likeness (QED) is 0.777. The van der Waals surface area contributed by atoms with E-state index in [1.54, 1.807) is 14.1 Å². The summed E-state index contributed by atoms with van der Waals surface area (Å²) in [5.41, 5.74) is 0.825. The van der Waals surface area contributed by atoms with Crippen molar-refractivity contribution in [2.75, 3.05) is 27.2 Å². The summed E-state index contributed by atoms with van der Waals surface area (Å²) < 4.78 is 0. The number of likely N-dealkylation sites (N-methyl/N-ethyl adjacent to an activating group) is 1. The molecule has 0 aliphatic carbocycles. The largest absolute Gasteiger partial charge is 0.480 e. The van der Waals surface area contributed by atoms with Gasteiger partial charge < -0.3 is 10.0 Å². The Morgan fingerprint density at radius 2 is 2.10 bits per heavy atom. The maximum atomic E-state index is 11.6. The molecule has 0 saturated heterocycles. The van der Waals surface area contributed by atoms with Crippen LogP contribution in [-0.4, -0.2) is 59.0 Å². The first-order valence-electron chi connectivity index (χ1n) is 6.50. The zero-order chi connectivity index (χ0) is 15.1. The van der Waals surface area contributed by atoms with Gasteiger partial charge in [-0.1, -0.05) is 6.92 Å². The number of carbonyl (C=O) groups is 2. The maximum Gasteiger partial charge on any atom is 0.317 e. The van der Waals surface area contributed by atoms with Gasteiger partial charge in [-0.05, 0) is 13.0 Å². The van der Waals surface area contributed by atoms with Gasteiger partial charge >= 0.3 is 5.97 Å². The summed E-state index contributed by atoms with van der Waals surface area (Å²) >= 11 is 1.44. The first kappa shape index (κ1) is 16.6. The Morgan fingerprint density at radius 3 is 2.65 bits per heavy atom. The molecule has 20 heavy (non-hydrogen) atoms. The number of carbonyl (C=O) groups excluding carboxylic acids is 1. The average Bonchev–Trinajstić information content (AvgIpc) is 2.75. The minimum atomic E-state index is -0.836. The summed E-state index contributed by atoms with van der Waals surface area (Å²) in [5, 5.41) is 11.5. The molecular formula is C13H21N3O3S. The van der Waals surface area contributed by atoms with E-state index in [1.165, 1.54) is 16.2 Å². The SMILES string of the molecule is CCCN(CC(=O)O)Cc1csc(CC(=O)N(C)C)n1. The molecule has 6 nitrogen and oxygen atoms in total. The normalized spacial score (nSPS) is 10.8. The van der Waals surface area contributed by atoms with E-state index in [1.807, 2.05) is 17.2 Å². The fraction of sp³-hybridized carbons (Fsp3) is 0.615. The van der Waals surface area contributed by atoms with Gasteiger partial charge in [0, 0.05) is 26.0 Å². The molecule has 0 aliphatic rings. The van der Waals surface area contributed by atoms with Crippen LogP contribution in [0.2, 0.25) is 0 Å². The molecule has 0 radical (unpaired) electrons. The molecule has 0 atom stereocenters. The molecule has 1 amide bonds. The summed E-state index contributed by atoms with van der Waals surface area (Å²) in [6, 6.07) is 0. The van der Waals surface area contributed by atoms with E-state index in [0.717, 1.165) is 23.7 Å². The number of rotatable bonds is 8. The van der Waals surface area contributed by atoms with E-state index in [2.05, 4.69) is 4.98 Å². The van der Waals surface area contributed by atoms with Crippen LogP contribution in [0.5, 0.6) is 0 Å². The third-order valence-electron chi connectivity index (χ3n) is 2.68. The van der Waals surface area contributed by atoms with Crippen LogP contribution in [0.15, 0.2) is 5.38 Å². The average molecular weight is 299 g/mol. The van der Waals surface area contributed by atoms with Crippen LogP contribution in [0.1, 0.15) is 24.0 Å². The van der Waals surface area contributed by atoms with Gasteiger partial charge in [-0.15, -0.1) is 11.3 Å². The summed E-state index contributed by atoms with van der Waals surface area (Å²) in [5.74, 6) is -0.821. The molecule has 0 fully saturated rings. The molecule has 7 heteroatoms. The van der Waals surface area contributed by atoms with E-state index in [0.29, 0.717) is 13.0 Å².